The first-order chi connectivity index (χ1) is 12.6. The van der Waals surface area contributed by atoms with E-state index < -0.39 is 0 Å². The number of nitrogens with zero attached hydrogens (tertiary/aromatic N) is 2. The SMILES string of the molecule is Cc1cc(CC2CCN(C(C)c3ccc4c(c3)OCCO4)C2)cc(C)n1.S. The Bertz CT molecular complexity index is 776. The summed E-state index contributed by atoms with van der Waals surface area (Å²) in [6, 6.07) is 11.3. The molecule has 4 nitrogen and oxygen atoms in total. The van der Waals surface area contributed by atoms with Gasteiger partial charge in [0, 0.05) is 24.0 Å². The Kier molecular flexibility index (Phi) is 6.33. The van der Waals surface area contributed by atoms with E-state index in [9.17, 15) is 0 Å². The maximum atomic E-state index is 5.75. The van der Waals surface area contributed by atoms with Crippen molar-refractivity contribution in [2.24, 2.45) is 5.92 Å². The van der Waals surface area contributed by atoms with Crippen LogP contribution in [0.2, 0.25) is 0 Å². The van der Waals surface area contributed by atoms with Gasteiger partial charge in [-0.05, 0) is 81.5 Å². The van der Waals surface area contributed by atoms with Crippen LogP contribution >= 0.6 is 13.5 Å². The van der Waals surface area contributed by atoms with Crippen LogP contribution in [0.1, 0.15) is 41.9 Å². The summed E-state index contributed by atoms with van der Waals surface area (Å²) >= 11 is 0. The second-order valence-electron chi connectivity index (χ2n) is 7.69. The number of aryl methyl sites for hydroxylation is 2. The van der Waals surface area contributed by atoms with Crippen LogP contribution < -0.4 is 9.47 Å². The molecule has 1 aromatic carbocycles. The first-order valence-electron chi connectivity index (χ1n) is 9.66. The minimum Gasteiger partial charge on any atom is -0.486 e. The van der Waals surface area contributed by atoms with Gasteiger partial charge in [-0.25, -0.2) is 0 Å². The number of fused-ring (bicyclic) bond motifs is 1. The molecular weight excluding hydrogens is 356 g/mol. The van der Waals surface area contributed by atoms with Crippen molar-refractivity contribution in [3.63, 3.8) is 0 Å². The molecule has 5 heteroatoms. The van der Waals surface area contributed by atoms with Crippen molar-refractivity contribution in [3.8, 4) is 11.5 Å². The van der Waals surface area contributed by atoms with Crippen molar-refractivity contribution in [2.45, 2.75) is 39.7 Å². The molecule has 27 heavy (non-hydrogen) atoms. The van der Waals surface area contributed by atoms with Crippen LogP contribution in [0.3, 0.4) is 0 Å². The van der Waals surface area contributed by atoms with E-state index in [2.05, 4.69) is 61.0 Å². The van der Waals surface area contributed by atoms with Crippen LogP contribution in [-0.4, -0.2) is 36.2 Å². The van der Waals surface area contributed by atoms with Gasteiger partial charge in [-0.3, -0.25) is 9.88 Å². The normalized spacial score (nSPS) is 20.2. The Hall–Kier alpha value is -1.72. The Morgan fingerprint density at radius 3 is 2.52 bits per heavy atom. The van der Waals surface area contributed by atoms with Gasteiger partial charge in [-0.15, -0.1) is 0 Å². The molecule has 0 spiro atoms. The molecule has 2 aromatic rings. The average molecular weight is 387 g/mol. The van der Waals surface area contributed by atoms with E-state index in [1.165, 1.54) is 17.5 Å². The topological polar surface area (TPSA) is 34.6 Å². The van der Waals surface area contributed by atoms with Crippen molar-refractivity contribution in [1.82, 2.24) is 9.88 Å². The number of likely N-dealkylation sites (tertiary alicyclic amines) is 1. The second-order valence-corrected chi connectivity index (χ2v) is 7.69. The zero-order valence-corrected chi connectivity index (χ0v) is 17.5. The van der Waals surface area contributed by atoms with Gasteiger partial charge >= 0.3 is 0 Å². The van der Waals surface area contributed by atoms with Crippen molar-refractivity contribution >= 4 is 13.5 Å². The molecule has 2 unspecified atom stereocenters. The molecule has 0 radical (unpaired) electrons. The highest BCUT2D eigenvalue weighted by Gasteiger charge is 2.27. The molecule has 146 valence electrons. The first-order valence-corrected chi connectivity index (χ1v) is 9.66. The largest absolute Gasteiger partial charge is 0.486 e. The highest BCUT2D eigenvalue weighted by atomic mass is 32.1. The van der Waals surface area contributed by atoms with Gasteiger partial charge in [0.2, 0.25) is 0 Å². The Balaban J connectivity index is 0.00000210. The van der Waals surface area contributed by atoms with E-state index in [-0.39, 0.29) is 13.5 Å². The molecule has 2 atom stereocenters. The fourth-order valence-corrected chi connectivity index (χ4v) is 4.28. The van der Waals surface area contributed by atoms with Gasteiger partial charge < -0.3 is 9.47 Å². The molecule has 1 fully saturated rings. The number of aromatic nitrogens is 1. The molecule has 0 bridgehead atoms. The summed E-state index contributed by atoms with van der Waals surface area (Å²) in [7, 11) is 0. The zero-order chi connectivity index (χ0) is 18.1. The van der Waals surface area contributed by atoms with Crippen LogP contribution in [0.5, 0.6) is 11.5 Å². The average Bonchev–Trinajstić information content (AvgIpc) is 3.08. The maximum Gasteiger partial charge on any atom is 0.161 e. The summed E-state index contributed by atoms with van der Waals surface area (Å²) in [4.78, 5) is 7.09. The Morgan fingerprint density at radius 1 is 1.07 bits per heavy atom. The summed E-state index contributed by atoms with van der Waals surface area (Å²) in [6.45, 7) is 10.1. The molecule has 3 heterocycles. The van der Waals surface area contributed by atoms with Crippen LogP contribution in [0.15, 0.2) is 30.3 Å². The lowest BCUT2D eigenvalue weighted by molar-refractivity contribution is 0.170. The third kappa shape index (κ3) is 4.58. The summed E-state index contributed by atoms with van der Waals surface area (Å²) in [5.74, 6) is 2.48. The number of rotatable bonds is 4. The third-order valence-electron chi connectivity index (χ3n) is 5.58. The molecule has 0 saturated carbocycles. The highest BCUT2D eigenvalue weighted by molar-refractivity contribution is 7.59. The van der Waals surface area contributed by atoms with E-state index in [4.69, 9.17) is 9.47 Å². The summed E-state index contributed by atoms with van der Waals surface area (Å²) in [6.07, 6.45) is 2.41. The lowest BCUT2D eigenvalue weighted by Gasteiger charge is -2.26. The van der Waals surface area contributed by atoms with Crippen LogP contribution in [0.25, 0.3) is 0 Å². The predicted octanol–water partition coefficient (Wildman–Crippen LogP) is 4.21. The van der Waals surface area contributed by atoms with Gasteiger partial charge in [0.25, 0.3) is 0 Å². The van der Waals surface area contributed by atoms with E-state index in [1.807, 2.05) is 0 Å². The van der Waals surface area contributed by atoms with Gasteiger partial charge in [0.15, 0.2) is 11.5 Å². The minimum absolute atomic E-state index is 0. The lowest BCUT2D eigenvalue weighted by Crippen LogP contribution is -2.25. The Labute approximate surface area is 169 Å². The number of pyridine rings is 1. The smallest absolute Gasteiger partial charge is 0.161 e. The molecule has 2 aliphatic rings. The summed E-state index contributed by atoms with van der Waals surface area (Å²) in [5.41, 5.74) is 4.98. The summed E-state index contributed by atoms with van der Waals surface area (Å²) < 4.78 is 11.4. The monoisotopic (exact) mass is 386 g/mol. The van der Waals surface area contributed by atoms with Crippen molar-refractivity contribution in [1.29, 1.82) is 0 Å². The summed E-state index contributed by atoms with van der Waals surface area (Å²) in [5, 5.41) is 0. The molecule has 0 amide bonds. The van der Waals surface area contributed by atoms with E-state index >= 15 is 0 Å². The first kappa shape index (κ1) is 20.0. The van der Waals surface area contributed by atoms with Crippen molar-refractivity contribution < 1.29 is 9.47 Å². The fourth-order valence-electron chi connectivity index (χ4n) is 4.28. The standard InChI is InChI=1S/C22H28N2O2.H2S/c1-15-10-19(11-16(2)23-15)12-18-6-7-24(14-18)17(3)20-4-5-21-22(13-20)26-9-8-25-21;/h4-5,10-11,13,17-18H,6-9,12,14H2,1-3H3;1H2. The quantitative estimate of drug-likeness (QED) is 0.788. The zero-order valence-electron chi connectivity index (χ0n) is 16.5. The maximum absolute atomic E-state index is 5.75. The van der Waals surface area contributed by atoms with Gasteiger partial charge in [0.05, 0.1) is 0 Å². The lowest BCUT2D eigenvalue weighted by atomic mass is 9.98. The van der Waals surface area contributed by atoms with Crippen molar-refractivity contribution in [2.75, 3.05) is 26.3 Å². The molecule has 4 rings (SSSR count). The van der Waals surface area contributed by atoms with Gasteiger partial charge in [-0.2, -0.15) is 13.5 Å². The third-order valence-corrected chi connectivity index (χ3v) is 5.58. The second kappa shape index (κ2) is 8.53. The van der Waals surface area contributed by atoms with Crippen LogP contribution in [0, 0.1) is 19.8 Å². The molecular formula is C22H30N2O2S. The molecule has 0 N–H and O–H groups in total. The molecule has 1 saturated heterocycles. The van der Waals surface area contributed by atoms with Gasteiger partial charge in [0.1, 0.15) is 13.2 Å². The Morgan fingerprint density at radius 2 is 1.78 bits per heavy atom. The fraction of sp³-hybridized carbons (Fsp3) is 0.500. The van der Waals surface area contributed by atoms with Crippen LogP contribution in [-0.2, 0) is 6.42 Å². The van der Waals surface area contributed by atoms with E-state index in [1.54, 1.807) is 0 Å². The van der Waals surface area contributed by atoms with Crippen molar-refractivity contribution in [3.05, 3.63) is 52.8 Å². The number of hydrogen-bond acceptors (Lipinski definition) is 4. The van der Waals surface area contributed by atoms with E-state index in [0.29, 0.717) is 19.3 Å². The highest BCUT2D eigenvalue weighted by Crippen LogP contribution is 2.35. The number of benzene rings is 1. The minimum atomic E-state index is 0. The molecule has 1 aromatic heterocycles. The number of ether oxygens (including phenoxy) is 2. The van der Waals surface area contributed by atoms with Crippen LogP contribution in [0.4, 0.5) is 0 Å². The molecule has 0 aliphatic carbocycles. The predicted molar refractivity (Wildman–Crippen MR) is 113 cm³/mol. The van der Waals surface area contributed by atoms with Gasteiger partial charge in [-0.1, -0.05) is 6.07 Å². The van der Waals surface area contributed by atoms with E-state index in [0.717, 1.165) is 48.3 Å². The number of hydrogen-bond donors (Lipinski definition) is 0. The molecule has 2 aliphatic heterocycles.